The summed E-state index contributed by atoms with van der Waals surface area (Å²) >= 11 is 0. The Morgan fingerprint density at radius 3 is 2.23 bits per heavy atom. The van der Waals surface area contributed by atoms with E-state index in [-0.39, 0.29) is 17.3 Å². The van der Waals surface area contributed by atoms with Crippen LogP contribution in [-0.4, -0.2) is 11.1 Å². The van der Waals surface area contributed by atoms with Crippen LogP contribution in [0.5, 0.6) is 0 Å². The Morgan fingerprint density at radius 1 is 1.31 bits per heavy atom. The highest BCUT2D eigenvalue weighted by Crippen LogP contribution is 2.39. The average molecular weight is 182 g/mol. The van der Waals surface area contributed by atoms with Gasteiger partial charge in [-0.3, -0.25) is 4.79 Å². The van der Waals surface area contributed by atoms with Gasteiger partial charge >= 0.3 is 5.97 Å². The number of rotatable bonds is 1. The van der Waals surface area contributed by atoms with E-state index in [2.05, 4.69) is 26.8 Å². The van der Waals surface area contributed by atoms with E-state index in [4.69, 9.17) is 5.11 Å². The van der Waals surface area contributed by atoms with Gasteiger partial charge in [-0.15, -0.1) is 0 Å². The lowest BCUT2D eigenvalue weighted by Gasteiger charge is -2.36. The molecule has 1 N–H and O–H groups in total. The Bertz CT molecular complexity index is 223. The molecule has 2 unspecified atom stereocenters. The quantitative estimate of drug-likeness (QED) is 0.633. The van der Waals surface area contributed by atoms with Crippen LogP contribution in [0.2, 0.25) is 0 Å². The van der Waals surface area contributed by atoms with Gasteiger partial charge in [0.2, 0.25) is 0 Å². The van der Waals surface area contributed by atoms with E-state index in [1.54, 1.807) is 0 Å². The van der Waals surface area contributed by atoms with Crippen LogP contribution in [0.1, 0.15) is 33.6 Å². The molecule has 13 heavy (non-hydrogen) atoms. The van der Waals surface area contributed by atoms with Crippen LogP contribution in [0.15, 0.2) is 12.2 Å². The monoisotopic (exact) mass is 182 g/mol. The van der Waals surface area contributed by atoms with Crippen LogP contribution < -0.4 is 0 Å². The van der Waals surface area contributed by atoms with Crippen molar-refractivity contribution in [3.8, 4) is 0 Å². The van der Waals surface area contributed by atoms with Crippen molar-refractivity contribution in [3.63, 3.8) is 0 Å². The molecule has 0 amide bonds. The predicted octanol–water partition coefficient (Wildman–Crippen LogP) is 2.70. The first-order valence-electron chi connectivity index (χ1n) is 4.80. The molecule has 0 bridgehead atoms. The minimum absolute atomic E-state index is 0.0911. The smallest absolute Gasteiger partial charge is 0.307 e. The molecule has 0 spiro atoms. The molecule has 2 nitrogen and oxygen atoms in total. The van der Waals surface area contributed by atoms with E-state index >= 15 is 0 Å². The molecular formula is C11H18O2. The van der Waals surface area contributed by atoms with Gasteiger partial charge in [-0.1, -0.05) is 32.9 Å². The highest BCUT2D eigenvalue weighted by atomic mass is 16.4. The van der Waals surface area contributed by atoms with E-state index in [1.807, 2.05) is 6.08 Å². The Labute approximate surface area is 79.6 Å². The number of hydrogen-bond acceptors (Lipinski definition) is 1. The molecule has 2 atom stereocenters. The SMILES string of the molecule is CC(C)(C)C1CC=CCC1C(=O)O. The molecule has 0 aromatic rings. The maximum absolute atomic E-state index is 11.0. The van der Waals surface area contributed by atoms with E-state index in [1.165, 1.54) is 0 Å². The Morgan fingerprint density at radius 2 is 1.85 bits per heavy atom. The van der Waals surface area contributed by atoms with Gasteiger partial charge in [-0.2, -0.15) is 0 Å². The third kappa shape index (κ3) is 2.33. The van der Waals surface area contributed by atoms with E-state index in [0.717, 1.165) is 6.42 Å². The molecule has 74 valence electrons. The highest BCUT2D eigenvalue weighted by Gasteiger charge is 2.36. The number of allylic oxidation sites excluding steroid dienone is 2. The normalized spacial score (nSPS) is 28.8. The number of hydrogen-bond donors (Lipinski definition) is 1. The molecule has 0 saturated heterocycles. The summed E-state index contributed by atoms with van der Waals surface area (Å²) in [4.78, 5) is 11.0. The van der Waals surface area contributed by atoms with Crippen molar-refractivity contribution >= 4 is 5.97 Å². The molecule has 0 aromatic heterocycles. The maximum atomic E-state index is 11.0. The van der Waals surface area contributed by atoms with E-state index in [9.17, 15) is 4.79 Å². The molecule has 0 aliphatic heterocycles. The Kier molecular flexibility index (Phi) is 2.79. The zero-order valence-electron chi connectivity index (χ0n) is 8.58. The molecule has 0 fully saturated rings. The van der Waals surface area contributed by atoms with E-state index in [0.29, 0.717) is 6.42 Å². The molecule has 0 saturated carbocycles. The zero-order chi connectivity index (χ0) is 10.1. The fourth-order valence-electron chi connectivity index (χ4n) is 2.04. The van der Waals surface area contributed by atoms with Gasteiger partial charge < -0.3 is 5.11 Å². The van der Waals surface area contributed by atoms with Gasteiger partial charge in [-0.05, 0) is 24.2 Å². The third-order valence-corrected chi connectivity index (χ3v) is 2.86. The fourth-order valence-corrected chi connectivity index (χ4v) is 2.04. The molecule has 0 heterocycles. The van der Waals surface area contributed by atoms with Gasteiger partial charge in [-0.25, -0.2) is 0 Å². The summed E-state index contributed by atoms with van der Waals surface area (Å²) in [6.07, 6.45) is 5.69. The van der Waals surface area contributed by atoms with Gasteiger partial charge in [0.1, 0.15) is 0 Å². The second-order valence-corrected chi connectivity index (χ2v) is 4.86. The van der Waals surface area contributed by atoms with Gasteiger partial charge in [0.05, 0.1) is 5.92 Å². The minimum Gasteiger partial charge on any atom is -0.481 e. The van der Waals surface area contributed by atoms with Crippen LogP contribution >= 0.6 is 0 Å². The zero-order valence-corrected chi connectivity index (χ0v) is 8.58. The van der Waals surface area contributed by atoms with Gasteiger partial charge in [0.15, 0.2) is 0 Å². The lowest BCUT2D eigenvalue weighted by atomic mass is 9.68. The van der Waals surface area contributed by atoms with Crippen LogP contribution in [0.3, 0.4) is 0 Å². The van der Waals surface area contributed by atoms with Crippen LogP contribution in [0, 0.1) is 17.3 Å². The Balaban J connectivity index is 2.81. The highest BCUT2D eigenvalue weighted by molar-refractivity contribution is 5.71. The summed E-state index contributed by atoms with van der Waals surface area (Å²) < 4.78 is 0. The topological polar surface area (TPSA) is 37.3 Å². The van der Waals surface area contributed by atoms with Crippen molar-refractivity contribution < 1.29 is 9.90 Å². The summed E-state index contributed by atoms with van der Waals surface area (Å²) in [7, 11) is 0. The van der Waals surface area contributed by atoms with Gasteiger partial charge in [0.25, 0.3) is 0 Å². The summed E-state index contributed by atoms with van der Waals surface area (Å²) in [6.45, 7) is 6.35. The lowest BCUT2D eigenvalue weighted by molar-refractivity contribution is -0.145. The average Bonchev–Trinajstić information content (AvgIpc) is 2.03. The minimum atomic E-state index is -0.649. The van der Waals surface area contributed by atoms with Crippen molar-refractivity contribution in [1.29, 1.82) is 0 Å². The lowest BCUT2D eigenvalue weighted by Crippen LogP contribution is -2.34. The van der Waals surface area contributed by atoms with Crippen LogP contribution in [0.4, 0.5) is 0 Å². The second-order valence-electron chi connectivity index (χ2n) is 4.86. The first-order valence-corrected chi connectivity index (χ1v) is 4.80. The molecule has 1 aliphatic rings. The van der Waals surface area contributed by atoms with E-state index < -0.39 is 5.97 Å². The summed E-state index contributed by atoms with van der Waals surface area (Å²) in [5, 5.41) is 9.04. The van der Waals surface area contributed by atoms with Crippen molar-refractivity contribution in [2.75, 3.05) is 0 Å². The standard InChI is InChI=1S/C11H18O2/c1-11(2,3)9-7-5-4-6-8(9)10(12)13/h4-5,8-9H,6-7H2,1-3H3,(H,12,13). The van der Waals surface area contributed by atoms with Crippen LogP contribution in [-0.2, 0) is 4.79 Å². The summed E-state index contributed by atoms with van der Waals surface area (Å²) in [6, 6.07) is 0. The van der Waals surface area contributed by atoms with Crippen molar-refractivity contribution in [1.82, 2.24) is 0 Å². The number of carboxylic acids is 1. The predicted molar refractivity (Wildman–Crippen MR) is 52.4 cm³/mol. The molecule has 2 heteroatoms. The van der Waals surface area contributed by atoms with Crippen molar-refractivity contribution in [2.24, 2.45) is 17.3 Å². The first kappa shape index (κ1) is 10.3. The Hall–Kier alpha value is -0.790. The molecule has 0 aromatic carbocycles. The largest absolute Gasteiger partial charge is 0.481 e. The second kappa shape index (κ2) is 3.52. The summed E-state index contributed by atoms with van der Waals surface area (Å²) in [5.74, 6) is -0.565. The molecular weight excluding hydrogens is 164 g/mol. The molecule has 1 aliphatic carbocycles. The fraction of sp³-hybridized carbons (Fsp3) is 0.727. The molecule has 0 radical (unpaired) electrons. The molecule has 1 rings (SSSR count). The number of carbonyl (C=O) groups is 1. The van der Waals surface area contributed by atoms with Crippen LogP contribution in [0.25, 0.3) is 0 Å². The number of aliphatic carboxylic acids is 1. The first-order chi connectivity index (χ1) is 5.93. The number of carboxylic acid groups (broad SMARTS) is 1. The van der Waals surface area contributed by atoms with Crippen molar-refractivity contribution in [2.45, 2.75) is 33.6 Å². The third-order valence-electron chi connectivity index (χ3n) is 2.86. The van der Waals surface area contributed by atoms with Gasteiger partial charge in [0, 0.05) is 0 Å². The van der Waals surface area contributed by atoms with Crippen molar-refractivity contribution in [3.05, 3.63) is 12.2 Å². The summed E-state index contributed by atoms with van der Waals surface area (Å²) in [5.41, 5.74) is 0.0911. The maximum Gasteiger partial charge on any atom is 0.307 e.